The number of carbonyl (C=O) groups is 1. The van der Waals surface area contributed by atoms with Gasteiger partial charge in [0.15, 0.2) is 0 Å². The number of fused-ring (bicyclic) bond motifs is 1. The number of hydrogen-bond donors (Lipinski definition) is 1. The number of pyridine rings is 1. The number of likely N-dealkylation sites (tertiary alicyclic amines) is 1. The maximum Gasteiger partial charge on any atom is 0.253 e. The number of rotatable bonds is 3. The lowest BCUT2D eigenvalue weighted by molar-refractivity contribution is 0.0706. The Labute approximate surface area is 173 Å². The molecule has 3 heterocycles. The number of amides is 1. The fraction of sp³-hybridized carbons (Fsp3) is 0.208. The summed E-state index contributed by atoms with van der Waals surface area (Å²) in [4.78, 5) is 27.1. The highest BCUT2D eigenvalue weighted by Crippen LogP contribution is 2.29. The average molecular weight is 400 g/mol. The fourth-order valence-corrected chi connectivity index (χ4v) is 4.11. The van der Waals surface area contributed by atoms with Crippen LogP contribution in [0.1, 0.15) is 34.8 Å². The molecule has 30 heavy (non-hydrogen) atoms. The summed E-state index contributed by atoms with van der Waals surface area (Å²) in [6, 6.07) is 17.9. The second-order valence-electron chi connectivity index (χ2n) is 7.68. The molecule has 0 spiro atoms. The van der Waals surface area contributed by atoms with Crippen LogP contribution in [0.4, 0.5) is 4.39 Å². The number of benzene rings is 2. The van der Waals surface area contributed by atoms with Crippen LogP contribution in [-0.4, -0.2) is 38.8 Å². The molecule has 0 saturated carbocycles. The first-order valence-corrected chi connectivity index (χ1v) is 10.1. The summed E-state index contributed by atoms with van der Waals surface area (Å²) in [5.41, 5.74) is 5.06. The van der Waals surface area contributed by atoms with Gasteiger partial charge in [0.05, 0.1) is 23.1 Å². The standard InChI is InChI=1S/C24H21FN4O/c25-19-9-6-16(7-10-19)20-4-1-5-21(28-20)18-3-2-12-29(14-18)24(30)17-8-11-22-23(13-17)27-15-26-22/h1,4-11,13,15,18H,2-3,12,14H2,(H,26,27)/t18-/m0/s1. The lowest BCUT2D eigenvalue weighted by Crippen LogP contribution is -2.39. The Kier molecular flexibility index (Phi) is 4.75. The normalized spacial score (nSPS) is 16.7. The Morgan fingerprint density at radius 2 is 1.97 bits per heavy atom. The molecule has 1 N–H and O–H groups in total. The van der Waals surface area contributed by atoms with Gasteiger partial charge in [-0.25, -0.2) is 9.37 Å². The topological polar surface area (TPSA) is 61.9 Å². The molecule has 0 aliphatic carbocycles. The van der Waals surface area contributed by atoms with Crippen LogP contribution in [0, 0.1) is 5.82 Å². The Balaban J connectivity index is 1.36. The third-order valence-corrected chi connectivity index (χ3v) is 5.70. The molecule has 4 aromatic rings. The number of piperidine rings is 1. The zero-order valence-electron chi connectivity index (χ0n) is 16.4. The van der Waals surface area contributed by atoms with E-state index < -0.39 is 0 Å². The molecule has 5 rings (SSSR count). The maximum absolute atomic E-state index is 13.2. The van der Waals surface area contributed by atoms with E-state index in [-0.39, 0.29) is 17.6 Å². The molecule has 0 unspecified atom stereocenters. The van der Waals surface area contributed by atoms with Gasteiger partial charge in [0, 0.05) is 35.8 Å². The van der Waals surface area contributed by atoms with E-state index in [0.717, 1.165) is 47.4 Å². The van der Waals surface area contributed by atoms with Crippen molar-refractivity contribution in [2.45, 2.75) is 18.8 Å². The number of hydrogen-bond acceptors (Lipinski definition) is 3. The molecule has 1 fully saturated rings. The van der Waals surface area contributed by atoms with Gasteiger partial charge in [-0.3, -0.25) is 9.78 Å². The Hall–Kier alpha value is -3.54. The van der Waals surface area contributed by atoms with Crippen LogP contribution >= 0.6 is 0 Å². The maximum atomic E-state index is 13.2. The first-order chi connectivity index (χ1) is 14.7. The van der Waals surface area contributed by atoms with E-state index in [1.54, 1.807) is 18.5 Å². The van der Waals surface area contributed by atoms with Crippen molar-refractivity contribution in [3.63, 3.8) is 0 Å². The molecule has 1 aliphatic rings. The number of nitrogens with zero attached hydrogens (tertiary/aromatic N) is 3. The van der Waals surface area contributed by atoms with Crippen LogP contribution in [0.25, 0.3) is 22.3 Å². The van der Waals surface area contributed by atoms with Crippen molar-refractivity contribution in [1.82, 2.24) is 19.9 Å². The first-order valence-electron chi connectivity index (χ1n) is 10.1. The zero-order chi connectivity index (χ0) is 20.5. The van der Waals surface area contributed by atoms with Gasteiger partial charge < -0.3 is 9.88 Å². The van der Waals surface area contributed by atoms with E-state index in [9.17, 15) is 9.18 Å². The molecule has 0 radical (unpaired) electrons. The molecule has 1 aliphatic heterocycles. The molecule has 150 valence electrons. The van der Waals surface area contributed by atoms with E-state index in [4.69, 9.17) is 4.98 Å². The highest BCUT2D eigenvalue weighted by molar-refractivity contribution is 5.97. The molecule has 5 nitrogen and oxygen atoms in total. The summed E-state index contributed by atoms with van der Waals surface area (Å²) < 4.78 is 13.2. The van der Waals surface area contributed by atoms with Gasteiger partial charge in [0.25, 0.3) is 5.91 Å². The second-order valence-corrected chi connectivity index (χ2v) is 7.68. The number of imidazole rings is 1. The van der Waals surface area contributed by atoms with Gasteiger partial charge in [-0.15, -0.1) is 0 Å². The highest BCUT2D eigenvalue weighted by atomic mass is 19.1. The first kappa shape index (κ1) is 18.5. The molecule has 0 bridgehead atoms. The smallest absolute Gasteiger partial charge is 0.253 e. The quantitative estimate of drug-likeness (QED) is 0.538. The van der Waals surface area contributed by atoms with Gasteiger partial charge in [-0.05, 0) is 67.4 Å². The summed E-state index contributed by atoms with van der Waals surface area (Å²) in [7, 11) is 0. The average Bonchev–Trinajstić information content (AvgIpc) is 3.27. The highest BCUT2D eigenvalue weighted by Gasteiger charge is 2.26. The van der Waals surface area contributed by atoms with Gasteiger partial charge in [0.1, 0.15) is 5.82 Å². The predicted octanol–water partition coefficient (Wildman–Crippen LogP) is 4.78. The van der Waals surface area contributed by atoms with Crippen molar-refractivity contribution in [3.8, 4) is 11.3 Å². The number of H-pyrrole nitrogens is 1. The summed E-state index contributed by atoms with van der Waals surface area (Å²) in [6.07, 6.45) is 3.56. The lowest BCUT2D eigenvalue weighted by Gasteiger charge is -2.32. The van der Waals surface area contributed by atoms with Crippen LogP contribution in [0.15, 0.2) is 67.0 Å². The van der Waals surface area contributed by atoms with Crippen molar-refractivity contribution in [1.29, 1.82) is 0 Å². The Morgan fingerprint density at radius 1 is 1.10 bits per heavy atom. The van der Waals surface area contributed by atoms with E-state index >= 15 is 0 Å². The van der Waals surface area contributed by atoms with Crippen molar-refractivity contribution in [2.75, 3.05) is 13.1 Å². The van der Waals surface area contributed by atoms with Crippen molar-refractivity contribution in [2.24, 2.45) is 0 Å². The largest absolute Gasteiger partial charge is 0.345 e. The Bertz CT molecular complexity index is 1200. The van der Waals surface area contributed by atoms with Crippen LogP contribution in [0.3, 0.4) is 0 Å². The second kappa shape index (κ2) is 7.71. The van der Waals surface area contributed by atoms with Gasteiger partial charge in [-0.1, -0.05) is 6.07 Å². The molecule has 1 amide bonds. The van der Waals surface area contributed by atoms with Crippen molar-refractivity contribution in [3.05, 3.63) is 84.1 Å². The minimum atomic E-state index is -0.260. The molecule has 2 aromatic carbocycles. The zero-order valence-corrected chi connectivity index (χ0v) is 16.4. The third-order valence-electron chi connectivity index (χ3n) is 5.70. The summed E-state index contributed by atoms with van der Waals surface area (Å²) >= 11 is 0. The lowest BCUT2D eigenvalue weighted by atomic mass is 9.93. The monoisotopic (exact) mass is 400 g/mol. The van der Waals surface area contributed by atoms with Crippen molar-refractivity contribution >= 4 is 16.9 Å². The van der Waals surface area contributed by atoms with Crippen LogP contribution in [-0.2, 0) is 0 Å². The summed E-state index contributed by atoms with van der Waals surface area (Å²) in [5, 5.41) is 0. The molecule has 2 aromatic heterocycles. The van der Waals surface area contributed by atoms with E-state index in [0.29, 0.717) is 12.1 Å². The van der Waals surface area contributed by atoms with Gasteiger partial charge >= 0.3 is 0 Å². The SMILES string of the molecule is O=C(c1ccc2nc[nH]c2c1)N1CCC[C@H](c2cccc(-c3ccc(F)cc3)n2)C1. The molecule has 1 saturated heterocycles. The van der Waals surface area contributed by atoms with Crippen LogP contribution in [0.5, 0.6) is 0 Å². The third kappa shape index (κ3) is 3.56. The molecule has 1 atom stereocenters. The van der Waals surface area contributed by atoms with E-state index in [1.807, 2.05) is 41.3 Å². The number of nitrogens with one attached hydrogen (secondary N) is 1. The van der Waals surface area contributed by atoms with Crippen LogP contribution in [0.2, 0.25) is 0 Å². The van der Waals surface area contributed by atoms with Crippen molar-refractivity contribution < 1.29 is 9.18 Å². The van der Waals surface area contributed by atoms with E-state index in [2.05, 4.69) is 9.97 Å². The minimum absolute atomic E-state index is 0.0332. The Morgan fingerprint density at radius 3 is 2.83 bits per heavy atom. The number of aromatic amines is 1. The number of halogens is 1. The van der Waals surface area contributed by atoms with E-state index in [1.165, 1.54) is 12.1 Å². The van der Waals surface area contributed by atoms with Gasteiger partial charge in [0.2, 0.25) is 0 Å². The summed E-state index contributed by atoms with van der Waals surface area (Å²) in [6.45, 7) is 1.38. The predicted molar refractivity (Wildman–Crippen MR) is 114 cm³/mol. The van der Waals surface area contributed by atoms with Crippen LogP contribution < -0.4 is 0 Å². The minimum Gasteiger partial charge on any atom is -0.345 e. The summed E-state index contributed by atoms with van der Waals surface area (Å²) in [5.74, 6) is -0.0467. The molecular formula is C24H21FN4O. The fourth-order valence-electron chi connectivity index (χ4n) is 4.11. The number of aromatic nitrogens is 3. The number of carbonyl (C=O) groups excluding carboxylic acids is 1. The molecular weight excluding hydrogens is 379 g/mol. The van der Waals surface area contributed by atoms with Gasteiger partial charge in [-0.2, -0.15) is 0 Å². The molecule has 6 heteroatoms.